The molecule has 0 aliphatic carbocycles. The van der Waals surface area contributed by atoms with Gasteiger partial charge in [0, 0.05) is 29.8 Å². The van der Waals surface area contributed by atoms with Gasteiger partial charge < -0.3 is 10.6 Å². The molecule has 7 heteroatoms. The molecule has 0 saturated heterocycles. The minimum atomic E-state index is -0.280. The molecule has 0 saturated carbocycles. The third-order valence-electron chi connectivity index (χ3n) is 3.44. The van der Waals surface area contributed by atoms with Crippen molar-refractivity contribution in [2.45, 2.75) is 13.2 Å². The number of hydrogen-bond donors (Lipinski definition) is 4. The predicted octanol–water partition coefficient (Wildman–Crippen LogP) is 3.05. The molecular weight excluding hydrogens is 290 g/mol. The Morgan fingerprint density at radius 1 is 1.30 bits per heavy atom. The van der Waals surface area contributed by atoms with E-state index in [1.807, 2.05) is 49.5 Å². The summed E-state index contributed by atoms with van der Waals surface area (Å²) in [6, 6.07) is 9.59. The Morgan fingerprint density at radius 2 is 2.22 bits per heavy atom. The lowest BCUT2D eigenvalue weighted by Gasteiger charge is -2.22. The van der Waals surface area contributed by atoms with Gasteiger partial charge in [0.25, 0.3) is 0 Å². The molecule has 2 heterocycles. The summed E-state index contributed by atoms with van der Waals surface area (Å²) < 4.78 is 0. The first-order chi connectivity index (χ1) is 11.3. The molecular formula is C16H17N7. The molecule has 2 aromatic rings. The fourth-order valence-electron chi connectivity index (χ4n) is 2.26. The summed E-state index contributed by atoms with van der Waals surface area (Å²) >= 11 is 0. The van der Waals surface area contributed by atoms with Crippen LogP contribution in [0.25, 0.3) is 0 Å². The van der Waals surface area contributed by atoms with Gasteiger partial charge in [-0.1, -0.05) is 11.3 Å². The van der Waals surface area contributed by atoms with Crippen LogP contribution in [0.15, 0.2) is 65.2 Å². The third-order valence-corrected chi connectivity index (χ3v) is 3.44. The molecule has 1 aliphatic heterocycles. The molecule has 0 spiro atoms. The molecule has 7 nitrogen and oxygen atoms in total. The van der Waals surface area contributed by atoms with E-state index in [1.54, 1.807) is 12.4 Å². The number of nitrogens with one attached hydrogen (secondary N) is 4. The van der Waals surface area contributed by atoms with Crippen molar-refractivity contribution in [2.24, 2.45) is 10.2 Å². The number of hydrogen-bond acceptors (Lipinski definition) is 6. The zero-order valence-corrected chi connectivity index (χ0v) is 12.6. The maximum Gasteiger partial charge on any atom is 0.194 e. The van der Waals surface area contributed by atoms with Crippen LogP contribution < -0.4 is 16.1 Å². The maximum absolute atomic E-state index is 6.88. The van der Waals surface area contributed by atoms with Gasteiger partial charge in [-0.3, -0.25) is 10.4 Å². The van der Waals surface area contributed by atoms with Crippen LogP contribution in [0.4, 0.5) is 11.4 Å². The van der Waals surface area contributed by atoms with Crippen molar-refractivity contribution in [3.8, 4) is 0 Å². The van der Waals surface area contributed by atoms with E-state index < -0.39 is 0 Å². The van der Waals surface area contributed by atoms with E-state index in [-0.39, 0.29) is 6.29 Å². The molecule has 0 radical (unpaired) electrons. The van der Waals surface area contributed by atoms with Gasteiger partial charge in [0.15, 0.2) is 6.29 Å². The van der Waals surface area contributed by atoms with Gasteiger partial charge in [-0.2, -0.15) is 5.53 Å². The van der Waals surface area contributed by atoms with Crippen molar-refractivity contribution >= 4 is 17.1 Å². The van der Waals surface area contributed by atoms with E-state index in [2.05, 4.69) is 31.3 Å². The van der Waals surface area contributed by atoms with Crippen molar-refractivity contribution in [1.82, 2.24) is 10.3 Å². The Bertz CT molecular complexity index is 752. The molecule has 23 heavy (non-hydrogen) atoms. The monoisotopic (exact) mass is 307 g/mol. The second-order valence-electron chi connectivity index (χ2n) is 5.06. The Kier molecular flexibility index (Phi) is 4.28. The van der Waals surface area contributed by atoms with Gasteiger partial charge in [-0.05, 0) is 42.8 Å². The Labute approximate surface area is 134 Å². The van der Waals surface area contributed by atoms with Crippen LogP contribution in [0.3, 0.4) is 0 Å². The van der Waals surface area contributed by atoms with E-state index in [4.69, 9.17) is 5.53 Å². The number of aromatic nitrogens is 1. The lowest BCUT2D eigenvalue weighted by molar-refractivity contribution is 0.680. The Balaban J connectivity index is 1.81. The van der Waals surface area contributed by atoms with Gasteiger partial charge >= 0.3 is 0 Å². The standard InChI is InChI=1S/C16H17N7/c1-11-4-5-13(22-23-17)9-15(11)21-16-19-8-6-14(20-16)12-3-2-7-18-10-12/h2-10,16,19,21H,1H3,(H2,17,22). The first-order valence-electron chi connectivity index (χ1n) is 7.17. The molecule has 1 atom stereocenters. The smallest absolute Gasteiger partial charge is 0.194 e. The highest BCUT2D eigenvalue weighted by Crippen LogP contribution is 2.21. The number of benzene rings is 1. The quantitative estimate of drug-likeness (QED) is 0.504. The van der Waals surface area contributed by atoms with Crippen LogP contribution in [0.5, 0.6) is 0 Å². The van der Waals surface area contributed by atoms with E-state index in [0.717, 1.165) is 28.2 Å². The second-order valence-corrected chi connectivity index (χ2v) is 5.06. The normalized spacial score (nSPS) is 16.2. The van der Waals surface area contributed by atoms with Crippen molar-refractivity contribution in [3.63, 3.8) is 0 Å². The molecule has 1 unspecified atom stereocenters. The highest BCUT2D eigenvalue weighted by molar-refractivity contribution is 6.08. The average molecular weight is 307 g/mol. The summed E-state index contributed by atoms with van der Waals surface area (Å²) in [5.74, 6) is 0. The van der Waals surface area contributed by atoms with E-state index in [1.165, 1.54) is 0 Å². The molecule has 4 N–H and O–H groups in total. The third kappa shape index (κ3) is 3.52. The van der Waals surface area contributed by atoms with E-state index in [9.17, 15) is 0 Å². The molecule has 1 aliphatic rings. The minimum absolute atomic E-state index is 0.280. The minimum Gasteiger partial charge on any atom is -0.353 e. The number of allylic oxidation sites excluding steroid dienone is 1. The Hall–Kier alpha value is -3.22. The number of aryl methyl sites for hydroxylation is 1. The van der Waals surface area contributed by atoms with Crippen LogP contribution in [0, 0.1) is 12.5 Å². The van der Waals surface area contributed by atoms with Crippen LogP contribution >= 0.6 is 0 Å². The van der Waals surface area contributed by atoms with Crippen molar-refractivity contribution in [1.29, 1.82) is 5.53 Å². The molecule has 3 rings (SSSR count). The summed E-state index contributed by atoms with van der Waals surface area (Å²) in [5.41, 5.74) is 14.1. The summed E-state index contributed by atoms with van der Waals surface area (Å²) in [6.45, 7) is 2.01. The summed E-state index contributed by atoms with van der Waals surface area (Å²) in [4.78, 5) is 8.77. The van der Waals surface area contributed by atoms with Gasteiger partial charge in [-0.25, -0.2) is 4.99 Å². The molecule has 0 amide bonds. The van der Waals surface area contributed by atoms with Crippen LogP contribution in [0.2, 0.25) is 0 Å². The number of rotatable bonds is 5. The van der Waals surface area contributed by atoms with Gasteiger partial charge in [0.05, 0.1) is 11.4 Å². The van der Waals surface area contributed by atoms with Crippen LogP contribution in [0.1, 0.15) is 11.1 Å². The average Bonchev–Trinajstić information content (AvgIpc) is 2.59. The number of aliphatic imine (C=N–C) groups is 1. The summed E-state index contributed by atoms with van der Waals surface area (Å²) in [6.07, 6.45) is 7.03. The lowest BCUT2D eigenvalue weighted by atomic mass is 10.1. The maximum atomic E-state index is 6.88. The zero-order chi connectivity index (χ0) is 16.1. The highest BCUT2D eigenvalue weighted by Gasteiger charge is 2.12. The molecule has 0 bridgehead atoms. The summed E-state index contributed by atoms with van der Waals surface area (Å²) in [7, 11) is 0. The van der Waals surface area contributed by atoms with Crippen molar-refractivity contribution < 1.29 is 0 Å². The molecule has 1 aromatic carbocycles. The zero-order valence-electron chi connectivity index (χ0n) is 12.6. The molecule has 1 aromatic heterocycles. The van der Waals surface area contributed by atoms with Crippen molar-refractivity contribution in [2.75, 3.05) is 10.7 Å². The molecule has 0 fully saturated rings. The van der Waals surface area contributed by atoms with E-state index >= 15 is 0 Å². The largest absolute Gasteiger partial charge is 0.353 e. The van der Waals surface area contributed by atoms with Crippen molar-refractivity contribution in [3.05, 3.63) is 66.1 Å². The first kappa shape index (κ1) is 14.7. The second kappa shape index (κ2) is 6.69. The SMILES string of the molecule is Cc1ccc(NN=N)cc1NC1N=C(c2cccnc2)C=CN1. The topological polar surface area (TPSA) is 97.5 Å². The lowest BCUT2D eigenvalue weighted by Crippen LogP contribution is -2.34. The number of anilines is 2. The summed E-state index contributed by atoms with van der Waals surface area (Å²) in [5, 5.41) is 9.69. The van der Waals surface area contributed by atoms with Gasteiger partial charge in [-0.15, -0.1) is 0 Å². The number of pyridine rings is 1. The fourth-order valence-corrected chi connectivity index (χ4v) is 2.26. The fraction of sp³-hybridized carbons (Fsp3) is 0.125. The van der Waals surface area contributed by atoms with Gasteiger partial charge in [0.1, 0.15) is 0 Å². The Morgan fingerprint density at radius 3 is 3.00 bits per heavy atom. The number of nitrogens with zero attached hydrogens (tertiary/aromatic N) is 3. The first-order valence-corrected chi connectivity index (χ1v) is 7.17. The van der Waals surface area contributed by atoms with E-state index in [0.29, 0.717) is 0 Å². The van der Waals surface area contributed by atoms with Crippen LogP contribution in [-0.2, 0) is 0 Å². The van der Waals surface area contributed by atoms with Crippen LogP contribution in [-0.4, -0.2) is 17.0 Å². The predicted molar refractivity (Wildman–Crippen MR) is 90.4 cm³/mol. The molecule has 116 valence electrons. The van der Waals surface area contributed by atoms with Gasteiger partial charge in [0.2, 0.25) is 0 Å². The highest BCUT2D eigenvalue weighted by atomic mass is 15.4.